The van der Waals surface area contributed by atoms with Crippen molar-refractivity contribution in [1.82, 2.24) is 24.1 Å². The van der Waals surface area contributed by atoms with Crippen LogP contribution in [0.1, 0.15) is 88.7 Å². The van der Waals surface area contributed by atoms with E-state index in [0.29, 0.717) is 0 Å². The maximum absolute atomic E-state index is 5.75. The molecular formula is C59H51N5S. The lowest BCUT2D eigenvalue weighted by atomic mass is 9.49. The summed E-state index contributed by atoms with van der Waals surface area (Å²) in [5.41, 5.74) is 8.75. The minimum absolute atomic E-state index is 0.121. The Hall–Kier alpha value is -5.85. The van der Waals surface area contributed by atoms with Crippen molar-refractivity contribution in [3.05, 3.63) is 139 Å². The van der Waals surface area contributed by atoms with Gasteiger partial charge in [-0.25, -0.2) is 15.0 Å². The van der Waals surface area contributed by atoms with Gasteiger partial charge in [-0.2, -0.15) is 0 Å². The number of fused-ring (bicyclic) bond motifs is 12. The van der Waals surface area contributed by atoms with Gasteiger partial charge in [0.05, 0.1) is 26.8 Å². The molecule has 0 radical (unpaired) electrons. The Balaban J connectivity index is 0.930. The summed E-state index contributed by atoms with van der Waals surface area (Å²) in [5.74, 6) is 8.29. The van der Waals surface area contributed by atoms with Gasteiger partial charge < -0.3 is 9.13 Å². The topological polar surface area (TPSA) is 48.5 Å². The molecule has 10 aromatic rings. The Kier molecular flexibility index (Phi) is 7.24. The van der Waals surface area contributed by atoms with Crippen molar-refractivity contribution in [2.45, 2.75) is 87.9 Å². The number of aromatic nitrogens is 5. The van der Waals surface area contributed by atoms with E-state index >= 15 is 0 Å². The van der Waals surface area contributed by atoms with Gasteiger partial charge in [0.2, 0.25) is 0 Å². The quantitative estimate of drug-likeness (QED) is 0.173. The van der Waals surface area contributed by atoms with Crippen molar-refractivity contribution < 1.29 is 0 Å². The van der Waals surface area contributed by atoms with Crippen molar-refractivity contribution in [2.24, 2.45) is 35.5 Å². The summed E-state index contributed by atoms with van der Waals surface area (Å²) in [6.07, 6.45) is 16.2. The summed E-state index contributed by atoms with van der Waals surface area (Å²) in [6, 6.07) is 47.5. The zero-order chi connectivity index (χ0) is 42.2. The van der Waals surface area contributed by atoms with Crippen LogP contribution in [-0.2, 0) is 10.8 Å². The highest BCUT2D eigenvalue weighted by molar-refractivity contribution is 7.27. The van der Waals surface area contributed by atoms with Crippen LogP contribution in [-0.4, -0.2) is 24.1 Å². The third kappa shape index (κ3) is 5.02. The van der Waals surface area contributed by atoms with E-state index in [1.54, 1.807) is 0 Å². The average molecular weight is 862 g/mol. The van der Waals surface area contributed by atoms with E-state index in [1.165, 1.54) is 152 Å². The molecule has 0 amide bonds. The summed E-state index contributed by atoms with van der Waals surface area (Å²) >= 11 is 1.93. The summed E-state index contributed by atoms with van der Waals surface area (Å²) < 4.78 is 7.73. The van der Waals surface area contributed by atoms with Gasteiger partial charge in [-0.15, -0.1) is 11.3 Å². The predicted molar refractivity (Wildman–Crippen MR) is 267 cm³/mol. The zero-order valence-electron chi connectivity index (χ0n) is 36.7. The normalized spacial score (nSPS) is 28.9. The molecule has 65 heavy (non-hydrogen) atoms. The molecule has 8 bridgehead atoms. The molecule has 0 saturated heterocycles. The van der Waals surface area contributed by atoms with Crippen LogP contribution in [0.3, 0.4) is 0 Å². The number of hydrogen-bond donors (Lipinski definition) is 0. The second-order valence-corrected chi connectivity index (χ2v) is 23.1. The molecule has 4 aromatic heterocycles. The highest BCUT2D eigenvalue weighted by Crippen LogP contribution is 2.63. The monoisotopic (exact) mass is 861 g/mol. The van der Waals surface area contributed by atoms with Crippen molar-refractivity contribution >= 4 is 75.1 Å². The van der Waals surface area contributed by atoms with Crippen LogP contribution in [0.15, 0.2) is 127 Å². The standard InChI is InChI=1S/C59H51N5S/c1-2-10-41(11-3-1)64-47-16-8-5-13-44(47)50-49-43-12-4-7-15-46(43)63(52(49)51-45-14-6-9-17-48(45)65-54(51)53(50)64)42-20-18-40(19-21-42)55-60-56(58-28-34-22-35(29-58)24-36(23-34)30-58)62-57(61-55)59-31-37-25-38(32-59)27-39(26-37)33-59/h1-21,34-39H,22-33H2. The smallest absolute Gasteiger partial charge is 0.163 e. The molecule has 0 atom stereocenters. The number of thiophene rings is 1. The molecule has 318 valence electrons. The maximum atomic E-state index is 5.75. The van der Waals surface area contributed by atoms with E-state index < -0.39 is 0 Å². The molecule has 0 unspecified atom stereocenters. The third-order valence-corrected chi connectivity index (χ3v) is 19.3. The summed E-state index contributed by atoms with van der Waals surface area (Å²) in [6.45, 7) is 0. The minimum Gasteiger partial charge on any atom is -0.309 e. The fourth-order valence-electron chi connectivity index (χ4n) is 16.5. The number of benzene rings is 6. The van der Waals surface area contributed by atoms with Crippen LogP contribution in [0.2, 0.25) is 0 Å². The maximum Gasteiger partial charge on any atom is 0.163 e. The average Bonchev–Trinajstić information content (AvgIpc) is 3.99. The van der Waals surface area contributed by atoms with Gasteiger partial charge in [0.15, 0.2) is 5.82 Å². The van der Waals surface area contributed by atoms with E-state index in [4.69, 9.17) is 15.0 Å². The largest absolute Gasteiger partial charge is 0.309 e. The Morgan fingerprint density at radius 2 is 0.862 bits per heavy atom. The molecule has 8 saturated carbocycles. The summed E-state index contributed by atoms with van der Waals surface area (Å²) in [7, 11) is 0. The molecule has 5 nitrogen and oxygen atoms in total. The molecule has 6 heteroatoms. The third-order valence-electron chi connectivity index (χ3n) is 18.1. The number of para-hydroxylation sites is 3. The second kappa shape index (κ2) is 12.9. The lowest BCUT2D eigenvalue weighted by Gasteiger charge is -2.57. The van der Waals surface area contributed by atoms with Crippen molar-refractivity contribution in [3.63, 3.8) is 0 Å². The molecule has 8 aliphatic rings. The van der Waals surface area contributed by atoms with Crippen LogP contribution in [0.4, 0.5) is 0 Å². The molecule has 18 rings (SSSR count). The fraction of sp³-hybridized carbons (Fsp3) is 0.339. The SMILES string of the molecule is c1ccc(-n2c3ccccc3c3c4c5ccccc5n(-c5ccc(-c6nc(C78CC9CC(CC(C9)C7)C8)nc(C78CC9CC(CC(C9)C7)C8)n6)cc5)c4c4c5ccccc5sc4c32)cc1. The molecule has 0 N–H and O–H groups in total. The number of nitrogens with zero attached hydrogens (tertiary/aromatic N) is 5. The Bertz CT molecular complexity index is 3490. The van der Waals surface area contributed by atoms with Gasteiger partial charge in [0.1, 0.15) is 11.6 Å². The molecule has 8 aliphatic carbocycles. The zero-order valence-corrected chi connectivity index (χ0v) is 37.5. The molecule has 0 spiro atoms. The lowest BCUT2D eigenvalue weighted by Crippen LogP contribution is -2.51. The Morgan fingerprint density at radius 3 is 1.42 bits per heavy atom. The highest BCUT2D eigenvalue weighted by Gasteiger charge is 2.56. The van der Waals surface area contributed by atoms with E-state index in [9.17, 15) is 0 Å². The Morgan fingerprint density at radius 1 is 0.415 bits per heavy atom. The van der Waals surface area contributed by atoms with Gasteiger partial charge in [0.25, 0.3) is 0 Å². The fourth-order valence-corrected chi connectivity index (χ4v) is 17.8. The van der Waals surface area contributed by atoms with Crippen LogP contribution < -0.4 is 0 Å². The molecule has 6 aromatic carbocycles. The van der Waals surface area contributed by atoms with Gasteiger partial charge >= 0.3 is 0 Å². The molecule has 8 fully saturated rings. The van der Waals surface area contributed by atoms with Crippen molar-refractivity contribution in [1.29, 1.82) is 0 Å². The van der Waals surface area contributed by atoms with E-state index in [2.05, 4.69) is 137 Å². The van der Waals surface area contributed by atoms with Crippen LogP contribution >= 0.6 is 11.3 Å². The predicted octanol–water partition coefficient (Wildman–Crippen LogP) is 15.0. The first-order valence-electron chi connectivity index (χ1n) is 24.8. The highest BCUT2D eigenvalue weighted by atomic mass is 32.1. The first-order chi connectivity index (χ1) is 32.0. The number of hydrogen-bond acceptors (Lipinski definition) is 4. The van der Waals surface area contributed by atoms with Gasteiger partial charge in [0, 0.05) is 64.8 Å². The summed E-state index contributed by atoms with van der Waals surface area (Å²) in [4.78, 5) is 17.0. The van der Waals surface area contributed by atoms with Crippen molar-refractivity contribution in [2.75, 3.05) is 0 Å². The van der Waals surface area contributed by atoms with E-state index in [0.717, 1.165) is 58.5 Å². The molecular weight excluding hydrogens is 811 g/mol. The van der Waals surface area contributed by atoms with Crippen LogP contribution in [0.5, 0.6) is 0 Å². The van der Waals surface area contributed by atoms with Gasteiger partial charge in [-0.1, -0.05) is 72.8 Å². The van der Waals surface area contributed by atoms with Gasteiger partial charge in [-0.3, -0.25) is 0 Å². The van der Waals surface area contributed by atoms with Crippen LogP contribution in [0, 0.1) is 35.5 Å². The summed E-state index contributed by atoms with van der Waals surface area (Å²) in [5, 5.41) is 7.84. The van der Waals surface area contributed by atoms with Gasteiger partial charge in [-0.05, 0) is 167 Å². The van der Waals surface area contributed by atoms with Crippen LogP contribution in [0.25, 0.3) is 86.5 Å². The first-order valence-corrected chi connectivity index (χ1v) is 25.6. The van der Waals surface area contributed by atoms with E-state index in [1.807, 2.05) is 11.3 Å². The van der Waals surface area contributed by atoms with E-state index in [-0.39, 0.29) is 10.8 Å². The number of rotatable bonds is 5. The second-order valence-electron chi connectivity index (χ2n) is 22.0. The Labute approximate surface area is 382 Å². The van der Waals surface area contributed by atoms with Crippen molar-refractivity contribution in [3.8, 4) is 22.8 Å². The minimum atomic E-state index is 0.121. The first kappa shape index (κ1) is 36.4. The molecule has 4 heterocycles. The molecule has 0 aliphatic heterocycles. The lowest BCUT2D eigenvalue weighted by molar-refractivity contribution is -0.0155.